The number of rotatable bonds is 2. The number of phenolic OH excluding ortho intramolecular Hbond substituents is 1. The van der Waals surface area contributed by atoms with Crippen LogP contribution in [0.3, 0.4) is 0 Å². The highest BCUT2D eigenvalue weighted by molar-refractivity contribution is 5.63. The summed E-state index contributed by atoms with van der Waals surface area (Å²) in [7, 11) is 0. The minimum Gasteiger partial charge on any atom is -0.507 e. The first-order chi connectivity index (χ1) is 8.75. The molecule has 0 spiro atoms. The Bertz CT molecular complexity index is 685. The molecule has 0 radical (unpaired) electrons. The SMILES string of the molecule is Cc1occc1-c1nnc(-c2ccccc2O)o1. The van der Waals surface area contributed by atoms with Crippen molar-refractivity contribution in [1.29, 1.82) is 0 Å². The number of hydrogen-bond donors (Lipinski definition) is 1. The van der Waals surface area contributed by atoms with Crippen LogP contribution in [0, 0.1) is 6.92 Å². The molecular weight excluding hydrogens is 232 g/mol. The summed E-state index contributed by atoms with van der Waals surface area (Å²) < 4.78 is 10.7. The monoisotopic (exact) mass is 242 g/mol. The van der Waals surface area contributed by atoms with Crippen LogP contribution in [0.15, 0.2) is 45.4 Å². The van der Waals surface area contributed by atoms with Crippen molar-refractivity contribution in [3.8, 4) is 28.7 Å². The Morgan fingerprint density at radius 1 is 1.00 bits per heavy atom. The first kappa shape index (κ1) is 10.6. The second-order valence-corrected chi connectivity index (χ2v) is 3.82. The quantitative estimate of drug-likeness (QED) is 0.747. The number of nitrogens with zero attached hydrogens (tertiary/aromatic N) is 2. The third kappa shape index (κ3) is 1.66. The van der Waals surface area contributed by atoms with Gasteiger partial charge in [0.25, 0.3) is 11.8 Å². The largest absolute Gasteiger partial charge is 0.507 e. The fraction of sp³-hybridized carbons (Fsp3) is 0.0769. The first-order valence-electron chi connectivity index (χ1n) is 5.42. The standard InChI is InChI=1S/C13H10N2O3/c1-8-9(6-7-17-8)12-14-15-13(18-12)10-4-2-3-5-11(10)16/h2-7,16H,1H3. The van der Waals surface area contributed by atoms with Crippen LogP contribution in [-0.2, 0) is 0 Å². The van der Waals surface area contributed by atoms with Gasteiger partial charge in [0.15, 0.2) is 0 Å². The lowest BCUT2D eigenvalue weighted by Gasteiger charge is -1.97. The number of para-hydroxylation sites is 1. The van der Waals surface area contributed by atoms with Gasteiger partial charge in [-0.05, 0) is 25.1 Å². The van der Waals surface area contributed by atoms with Crippen molar-refractivity contribution in [3.05, 3.63) is 42.4 Å². The lowest BCUT2D eigenvalue weighted by atomic mass is 10.2. The van der Waals surface area contributed by atoms with Gasteiger partial charge in [-0.25, -0.2) is 0 Å². The molecule has 0 saturated heterocycles. The lowest BCUT2D eigenvalue weighted by Crippen LogP contribution is -1.78. The van der Waals surface area contributed by atoms with E-state index in [1.54, 1.807) is 36.6 Å². The maximum atomic E-state index is 9.71. The molecule has 3 aromatic rings. The molecular formula is C13H10N2O3. The molecule has 0 unspecified atom stereocenters. The van der Waals surface area contributed by atoms with Crippen LogP contribution in [0.25, 0.3) is 22.9 Å². The van der Waals surface area contributed by atoms with Crippen LogP contribution < -0.4 is 0 Å². The molecule has 0 atom stereocenters. The maximum absolute atomic E-state index is 9.71. The minimum atomic E-state index is 0.108. The molecule has 5 nitrogen and oxygen atoms in total. The molecule has 5 heteroatoms. The van der Waals surface area contributed by atoms with E-state index in [0.717, 1.165) is 5.56 Å². The summed E-state index contributed by atoms with van der Waals surface area (Å²) in [5.74, 6) is 1.47. The Morgan fingerprint density at radius 3 is 2.39 bits per heavy atom. The van der Waals surface area contributed by atoms with E-state index in [2.05, 4.69) is 10.2 Å². The second kappa shape index (κ2) is 4.03. The van der Waals surface area contributed by atoms with Crippen molar-refractivity contribution >= 4 is 0 Å². The smallest absolute Gasteiger partial charge is 0.251 e. The highest BCUT2D eigenvalue weighted by Crippen LogP contribution is 2.30. The highest BCUT2D eigenvalue weighted by atomic mass is 16.4. The second-order valence-electron chi connectivity index (χ2n) is 3.82. The van der Waals surface area contributed by atoms with E-state index >= 15 is 0 Å². The molecule has 3 rings (SSSR count). The zero-order valence-corrected chi connectivity index (χ0v) is 9.62. The number of benzene rings is 1. The van der Waals surface area contributed by atoms with Crippen LogP contribution in [0.1, 0.15) is 5.76 Å². The number of phenols is 1. The van der Waals surface area contributed by atoms with Crippen molar-refractivity contribution in [2.45, 2.75) is 6.92 Å². The zero-order valence-electron chi connectivity index (χ0n) is 9.62. The Hall–Kier alpha value is -2.56. The summed E-state index contributed by atoms with van der Waals surface area (Å²) in [6, 6.07) is 8.58. The molecule has 0 saturated carbocycles. The molecule has 0 aliphatic rings. The third-order valence-corrected chi connectivity index (χ3v) is 2.65. The first-order valence-corrected chi connectivity index (χ1v) is 5.42. The minimum absolute atomic E-state index is 0.108. The molecule has 90 valence electrons. The molecule has 0 fully saturated rings. The van der Waals surface area contributed by atoms with E-state index in [1.807, 2.05) is 6.92 Å². The van der Waals surface area contributed by atoms with E-state index in [4.69, 9.17) is 8.83 Å². The number of furan rings is 1. The summed E-state index contributed by atoms with van der Waals surface area (Å²) >= 11 is 0. The van der Waals surface area contributed by atoms with Gasteiger partial charge >= 0.3 is 0 Å². The summed E-state index contributed by atoms with van der Waals surface area (Å²) in [4.78, 5) is 0. The van der Waals surface area contributed by atoms with Gasteiger partial charge < -0.3 is 13.9 Å². The van der Waals surface area contributed by atoms with Crippen LogP contribution in [0.4, 0.5) is 0 Å². The molecule has 1 aromatic carbocycles. The number of aromatic nitrogens is 2. The normalized spacial score (nSPS) is 10.7. The molecule has 0 amide bonds. The van der Waals surface area contributed by atoms with Gasteiger partial charge in [-0.1, -0.05) is 12.1 Å². The Kier molecular flexibility index (Phi) is 2.37. The van der Waals surface area contributed by atoms with E-state index < -0.39 is 0 Å². The van der Waals surface area contributed by atoms with Crippen LogP contribution in [0.2, 0.25) is 0 Å². The van der Waals surface area contributed by atoms with E-state index in [1.165, 1.54) is 0 Å². The van der Waals surface area contributed by atoms with Crippen LogP contribution >= 0.6 is 0 Å². The van der Waals surface area contributed by atoms with Gasteiger partial charge in [-0.15, -0.1) is 10.2 Å². The average molecular weight is 242 g/mol. The average Bonchev–Trinajstić information content (AvgIpc) is 2.98. The van der Waals surface area contributed by atoms with Crippen LogP contribution in [-0.4, -0.2) is 15.3 Å². The Morgan fingerprint density at radius 2 is 1.72 bits per heavy atom. The van der Waals surface area contributed by atoms with E-state index in [9.17, 15) is 5.11 Å². The molecule has 2 heterocycles. The van der Waals surface area contributed by atoms with Gasteiger partial charge in [-0.2, -0.15) is 0 Å². The van der Waals surface area contributed by atoms with Gasteiger partial charge in [0.2, 0.25) is 0 Å². The van der Waals surface area contributed by atoms with Gasteiger partial charge in [-0.3, -0.25) is 0 Å². The molecule has 2 aromatic heterocycles. The summed E-state index contributed by atoms with van der Waals surface area (Å²) in [6.45, 7) is 1.82. The third-order valence-electron chi connectivity index (χ3n) is 2.65. The number of aromatic hydroxyl groups is 1. The lowest BCUT2D eigenvalue weighted by molar-refractivity contribution is 0.473. The van der Waals surface area contributed by atoms with Crippen molar-refractivity contribution < 1.29 is 13.9 Å². The molecule has 0 bridgehead atoms. The highest BCUT2D eigenvalue weighted by Gasteiger charge is 2.15. The summed E-state index contributed by atoms with van der Waals surface area (Å²) in [5.41, 5.74) is 1.27. The number of hydrogen-bond acceptors (Lipinski definition) is 5. The van der Waals surface area contributed by atoms with Crippen molar-refractivity contribution in [2.75, 3.05) is 0 Å². The Labute approximate surface area is 103 Å². The van der Waals surface area contributed by atoms with Crippen molar-refractivity contribution in [3.63, 3.8) is 0 Å². The Balaban J connectivity index is 2.05. The molecule has 18 heavy (non-hydrogen) atoms. The fourth-order valence-corrected chi connectivity index (χ4v) is 1.70. The van der Waals surface area contributed by atoms with Gasteiger partial charge in [0.05, 0.1) is 17.4 Å². The number of aryl methyl sites for hydroxylation is 1. The topological polar surface area (TPSA) is 72.3 Å². The van der Waals surface area contributed by atoms with Crippen LogP contribution in [0.5, 0.6) is 5.75 Å². The summed E-state index contributed by atoms with van der Waals surface area (Å²) in [5, 5.41) is 17.6. The zero-order chi connectivity index (χ0) is 12.5. The van der Waals surface area contributed by atoms with Gasteiger partial charge in [0, 0.05) is 0 Å². The fourth-order valence-electron chi connectivity index (χ4n) is 1.70. The maximum Gasteiger partial charge on any atom is 0.251 e. The molecule has 1 N–H and O–H groups in total. The summed E-state index contributed by atoms with van der Waals surface area (Å²) in [6.07, 6.45) is 1.56. The predicted octanol–water partition coefficient (Wildman–Crippen LogP) is 3.01. The van der Waals surface area contributed by atoms with Crippen molar-refractivity contribution in [1.82, 2.24) is 10.2 Å². The van der Waals surface area contributed by atoms with E-state index in [-0.39, 0.29) is 11.6 Å². The predicted molar refractivity (Wildman–Crippen MR) is 63.8 cm³/mol. The van der Waals surface area contributed by atoms with E-state index in [0.29, 0.717) is 17.2 Å². The molecule has 0 aliphatic heterocycles. The molecule has 0 aliphatic carbocycles. The van der Waals surface area contributed by atoms with Gasteiger partial charge in [0.1, 0.15) is 11.5 Å². The van der Waals surface area contributed by atoms with Crippen molar-refractivity contribution in [2.24, 2.45) is 0 Å².